The highest BCUT2D eigenvalue weighted by Crippen LogP contribution is 2.24. The van der Waals surface area contributed by atoms with E-state index in [0.29, 0.717) is 11.3 Å². The lowest BCUT2D eigenvalue weighted by molar-refractivity contribution is 0.333. The van der Waals surface area contributed by atoms with Gasteiger partial charge in [-0.05, 0) is 13.0 Å². The van der Waals surface area contributed by atoms with Crippen LogP contribution >= 0.6 is 0 Å². The van der Waals surface area contributed by atoms with Crippen molar-refractivity contribution in [2.75, 3.05) is 18.1 Å². The molecule has 1 aromatic carbocycles. The predicted octanol–water partition coefficient (Wildman–Crippen LogP) is 1.66. The zero-order valence-electron chi connectivity index (χ0n) is 10.5. The highest BCUT2D eigenvalue weighted by molar-refractivity contribution is 7.91. The second kappa shape index (κ2) is 6.15. The molecule has 0 aliphatic heterocycles. The van der Waals surface area contributed by atoms with E-state index in [2.05, 4.69) is 0 Å². The molecule has 2 N–H and O–H groups in total. The van der Waals surface area contributed by atoms with Gasteiger partial charge in [-0.15, -0.1) is 0 Å². The van der Waals surface area contributed by atoms with E-state index >= 15 is 0 Å². The number of sulfone groups is 1. The molecule has 6 heteroatoms. The number of halogens is 1. The lowest BCUT2D eigenvalue weighted by atomic mass is 10.1. The highest BCUT2D eigenvalue weighted by atomic mass is 32.2. The van der Waals surface area contributed by atoms with Gasteiger partial charge in [-0.1, -0.05) is 13.0 Å². The van der Waals surface area contributed by atoms with Crippen molar-refractivity contribution in [1.82, 2.24) is 0 Å². The van der Waals surface area contributed by atoms with E-state index in [4.69, 9.17) is 10.5 Å². The first kappa shape index (κ1) is 14.9. The van der Waals surface area contributed by atoms with Crippen LogP contribution in [0.5, 0.6) is 5.75 Å². The van der Waals surface area contributed by atoms with Gasteiger partial charge < -0.3 is 10.5 Å². The molecule has 0 aliphatic rings. The molecule has 0 aromatic heterocycles. The van der Waals surface area contributed by atoms with Crippen molar-refractivity contribution in [2.24, 2.45) is 5.73 Å². The minimum Gasteiger partial charge on any atom is -0.492 e. The van der Waals surface area contributed by atoms with Crippen LogP contribution in [0.4, 0.5) is 4.39 Å². The smallest absolute Gasteiger partial charge is 0.153 e. The fraction of sp³-hybridized carbons (Fsp3) is 0.500. The summed E-state index contributed by atoms with van der Waals surface area (Å²) in [5.41, 5.74) is 6.39. The third-order valence-corrected chi connectivity index (χ3v) is 4.23. The zero-order chi connectivity index (χ0) is 13.8. The SMILES string of the molecule is CCS(=O)(=O)CCOc1cc(F)ccc1[C@@H](C)N. The second-order valence-electron chi connectivity index (χ2n) is 4.06. The molecule has 18 heavy (non-hydrogen) atoms. The molecule has 0 saturated heterocycles. The Kier molecular flexibility index (Phi) is 5.10. The molecule has 0 fully saturated rings. The van der Waals surface area contributed by atoms with Gasteiger partial charge in [0.1, 0.15) is 18.2 Å². The van der Waals surface area contributed by atoms with Gasteiger partial charge in [0.05, 0.1) is 5.75 Å². The Hall–Kier alpha value is -1.14. The molecule has 0 unspecified atom stereocenters. The molecule has 0 spiro atoms. The van der Waals surface area contributed by atoms with Crippen LogP contribution in [0.1, 0.15) is 25.5 Å². The summed E-state index contributed by atoms with van der Waals surface area (Å²) in [6.07, 6.45) is 0. The number of nitrogens with two attached hydrogens (primary N) is 1. The van der Waals surface area contributed by atoms with Crippen LogP contribution in [0.2, 0.25) is 0 Å². The average Bonchev–Trinajstić information content (AvgIpc) is 2.28. The van der Waals surface area contributed by atoms with E-state index in [1.165, 1.54) is 12.1 Å². The topological polar surface area (TPSA) is 69.4 Å². The maximum Gasteiger partial charge on any atom is 0.153 e. The first-order valence-corrected chi connectivity index (χ1v) is 7.56. The number of benzene rings is 1. The number of hydrogen-bond acceptors (Lipinski definition) is 4. The van der Waals surface area contributed by atoms with Crippen molar-refractivity contribution >= 4 is 9.84 Å². The van der Waals surface area contributed by atoms with Crippen molar-refractivity contribution in [3.63, 3.8) is 0 Å². The Morgan fingerprint density at radius 1 is 1.44 bits per heavy atom. The van der Waals surface area contributed by atoms with Gasteiger partial charge in [-0.3, -0.25) is 0 Å². The molecule has 0 amide bonds. The standard InChI is InChI=1S/C12H18FNO3S/c1-3-18(15,16)7-6-17-12-8-10(13)4-5-11(12)9(2)14/h4-5,8-9H,3,6-7,14H2,1-2H3/t9-/m1/s1. The van der Waals surface area contributed by atoms with Crippen molar-refractivity contribution in [3.05, 3.63) is 29.6 Å². The Bertz CT molecular complexity index is 500. The zero-order valence-corrected chi connectivity index (χ0v) is 11.3. The molecule has 1 atom stereocenters. The molecule has 4 nitrogen and oxygen atoms in total. The van der Waals surface area contributed by atoms with Crippen LogP contribution in [0.3, 0.4) is 0 Å². The predicted molar refractivity (Wildman–Crippen MR) is 68.8 cm³/mol. The van der Waals surface area contributed by atoms with E-state index in [0.717, 1.165) is 0 Å². The number of rotatable bonds is 6. The van der Waals surface area contributed by atoms with Gasteiger partial charge in [-0.2, -0.15) is 0 Å². The summed E-state index contributed by atoms with van der Waals surface area (Å²) >= 11 is 0. The Balaban J connectivity index is 2.75. The Morgan fingerprint density at radius 2 is 2.11 bits per heavy atom. The van der Waals surface area contributed by atoms with Gasteiger partial charge in [-0.25, -0.2) is 12.8 Å². The quantitative estimate of drug-likeness (QED) is 0.857. The molecule has 0 aliphatic carbocycles. The number of ether oxygens (including phenoxy) is 1. The third kappa shape index (κ3) is 4.27. The molecule has 1 rings (SSSR count). The Morgan fingerprint density at radius 3 is 2.67 bits per heavy atom. The van der Waals surface area contributed by atoms with Gasteiger partial charge in [0, 0.05) is 23.4 Å². The first-order valence-electron chi connectivity index (χ1n) is 5.74. The van der Waals surface area contributed by atoms with E-state index in [1.807, 2.05) is 0 Å². The lowest BCUT2D eigenvalue weighted by Gasteiger charge is -2.14. The average molecular weight is 275 g/mol. The van der Waals surface area contributed by atoms with Gasteiger partial charge in [0.15, 0.2) is 9.84 Å². The van der Waals surface area contributed by atoms with Crippen molar-refractivity contribution in [1.29, 1.82) is 0 Å². The molecule has 0 radical (unpaired) electrons. The third-order valence-electron chi connectivity index (χ3n) is 2.56. The van der Waals surface area contributed by atoms with Crippen LogP contribution in [0.15, 0.2) is 18.2 Å². The highest BCUT2D eigenvalue weighted by Gasteiger charge is 2.12. The van der Waals surface area contributed by atoms with E-state index < -0.39 is 15.7 Å². The van der Waals surface area contributed by atoms with Gasteiger partial charge in [0.25, 0.3) is 0 Å². The van der Waals surface area contributed by atoms with Crippen LogP contribution in [0.25, 0.3) is 0 Å². The fourth-order valence-electron chi connectivity index (χ4n) is 1.43. The van der Waals surface area contributed by atoms with E-state index in [1.54, 1.807) is 19.9 Å². The number of hydrogen-bond donors (Lipinski definition) is 1. The molecule has 102 valence electrons. The minimum absolute atomic E-state index is 0.000648. The van der Waals surface area contributed by atoms with Crippen molar-refractivity contribution in [3.8, 4) is 5.75 Å². The fourth-order valence-corrected chi connectivity index (χ4v) is 2.06. The molecule has 0 saturated carbocycles. The van der Waals surface area contributed by atoms with E-state index in [-0.39, 0.29) is 24.2 Å². The summed E-state index contributed by atoms with van der Waals surface area (Å²) in [5.74, 6) is -0.151. The summed E-state index contributed by atoms with van der Waals surface area (Å²) < 4.78 is 41.0. The normalized spacial score (nSPS) is 13.3. The van der Waals surface area contributed by atoms with Crippen molar-refractivity contribution in [2.45, 2.75) is 19.9 Å². The van der Waals surface area contributed by atoms with Gasteiger partial charge >= 0.3 is 0 Å². The van der Waals surface area contributed by atoms with Crippen LogP contribution in [-0.4, -0.2) is 26.5 Å². The minimum atomic E-state index is -3.08. The monoisotopic (exact) mass is 275 g/mol. The Labute approximate surface area is 107 Å². The summed E-state index contributed by atoms with van der Waals surface area (Å²) in [4.78, 5) is 0. The second-order valence-corrected chi connectivity index (χ2v) is 6.53. The molecular weight excluding hydrogens is 257 g/mol. The van der Waals surface area contributed by atoms with Crippen molar-refractivity contribution < 1.29 is 17.5 Å². The summed E-state index contributed by atoms with van der Waals surface area (Å²) in [7, 11) is -3.08. The van der Waals surface area contributed by atoms with Crippen LogP contribution in [0, 0.1) is 5.82 Å². The molecule has 0 bridgehead atoms. The molecular formula is C12H18FNO3S. The lowest BCUT2D eigenvalue weighted by Crippen LogP contribution is -2.17. The van der Waals surface area contributed by atoms with Crippen LogP contribution in [-0.2, 0) is 9.84 Å². The maximum atomic E-state index is 13.1. The van der Waals surface area contributed by atoms with Gasteiger partial charge in [0.2, 0.25) is 0 Å². The summed E-state index contributed by atoms with van der Waals surface area (Å²) in [5, 5.41) is 0. The molecule has 0 heterocycles. The summed E-state index contributed by atoms with van der Waals surface area (Å²) in [6, 6.07) is 3.76. The maximum absolute atomic E-state index is 13.1. The largest absolute Gasteiger partial charge is 0.492 e. The van der Waals surface area contributed by atoms with Crippen LogP contribution < -0.4 is 10.5 Å². The summed E-state index contributed by atoms with van der Waals surface area (Å²) in [6.45, 7) is 3.33. The van der Waals surface area contributed by atoms with E-state index in [9.17, 15) is 12.8 Å². The first-order chi connectivity index (χ1) is 8.35. The molecule has 1 aromatic rings.